The van der Waals surface area contributed by atoms with Gasteiger partial charge in [0.1, 0.15) is 11.5 Å². The first-order valence-corrected chi connectivity index (χ1v) is 8.16. The van der Waals surface area contributed by atoms with Crippen molar-refractivity contribution in [2.45, 2.75) is 13.5 Å². The second-order valence-electron chi connectivity index (χ2n) is 5.77. The predicted octanol–water partition coefficient (Wildman–Crippen LogP) is 2.57. The topological polar surface area (TPSA) is 106 Å². The standard InChI is InChI=1S/C19H18N4O4/c1-12-7-17(23-27-12)22-19(25)15-8-14(10-20-11-15)18(24)21-9-13-3-5-16(26-2)6-4-13/h3-8,10-11H,9H2,1-2H3,(H,21,24)(H,22,23,25). The largest absolute Gasteiger partial charge is 0.497 e. The van der Waals surface area contributed by atoms with Crippen molar-refractivity contribution in [3.8, 4) is 5.75 Å². The highest BCUT2D eigenvalue weighted by Crippen LogP contribution is 2.12. The van der Waals surface area contributed by atoms with Crippen LogP contribution >= 0.6 is 0 Å². The summed E-state index contributed by atoms with van der Waals surface area (Å²) in [7, 11) is 1.59. The Hall–Kier alpha value is -3.68. The molecule has 8 nitrogen and oxygen atoms in total. The van der Waals surface area contributed by atoms with Gasteiger partial charge in [-0.05, 0) is 30.7 Å². The Morgan fingerprint density at radius 2 is 1.78 bits per heavy atom. The molecule has 0 bridgehead atoms. The lowest BCUT2D eigenvalue weighted by Gasteiger charge is -2.07. The Morgan fingerprint density at radius 1 is 1.07 bits per heavy atom. The quantitative estimate of drug-likeness (QED) is 0.694. The summed E-state index contributed by atoms with van der Waals surface area (Å²) in [5.41, 5.74) is 1.45. The Bertz CT molecular complexity index is 950. The summed E-state index contributed by atoms with van der Waals surface area (Å²) in [6, 6.07) is 10.4. The number of pyridine rings is 1. The van der Waals surface area contributed by atoms with Crippen LogP contribution in [0.25, 0.3) is 0 Å². The van der Waals surface area contributed by atoms with Gasteiger partial charge in [-0.15, -0.1) is 0 Å². The monoisotopic (exact) mass is 366 g/mol. The minimum atomic E-state index is -0.430. The van der Waals surface area contributed by atoms with E-state index in [1.165, 1.54) is 18.5 Å². The van der Waals surface area contributed by atoms with Crippen LogP contribution in [0.1, 0.15) is 32.0 Å². The zero-order valence-corrected chi connectivity index (χ0v) is 14.9. The molecule has 0 atom stereocenters. The van der Waals surface area contributed by atoms with Crippen LogP contribution in [0.3, 0.4) is 0 Å². The van der Waals surface area contributed by atoms with Gasteiger partial charge in [0.2, 0.25) is 0 Å². The van der Waals surface area contributed by atoms with Crippen molar-refractivity contribution in [1.29, 1.82) is 0 Å². The number of hydrogen-bond acceptors (Lipinski definition) is 6. The fourth-order valence-corrected chi connectivity index (χ4v) is 2.33. The fourth-order valence-electron chi connectivity index (χ4n) is 2.33. The maximum absolute atomic E-state index is 12.3. The molecular weight excluding hydrogens is 348 g/mol. The number of nitrogens with one attached hydrogen (secondary N) is 2. The van der Waals surface area contributed by atoms with E-state index in [0.29, 0.717) is 18.1 Å². The second-order valence-corrected chi connectivity index (χ2v) is 5.77. The zero-order valence-electron chi connectivity index (χ0n) is 14.9. The van der Waals surface area contributed by atoms with E-state index in [0.717, 1.165) is 11.3 Å². The number of aromatic nitrogens is 2. The van der Waals surface area contributed by atoms with Crippen molar-refractivity contribution >= 4 is 17.6 Å². The Balaban J connectivity index is 1.63. The molecule has 2 amide bonds. The number of rotatable bonds is 6. The van der Waals surface area contributed by atoms with E-state index in [1.807, 2.05) is 24.3 Å². The van der Waals surface area contributed by atoms with E-state index in [2.05, 4.69) is 20.8 Å². The number of ether oxygens (including phenoxy) is 1. The molecule has 0 aliphatic carbocycles. The van der Waals surface area contributed by atoms with Gasteiger partial charge < -0.3 is 19.9 Å². The SMILES string of the molecule is COc1ccc(CNC(=O)c2cncc(C(=O)Nc3cc(C)on3)c2)cc1. The number of aryl methyl sites for hydroxylation is 1. The summed E-state index contributed by atoms with van der Waals surface area (Å²) in [4.78, 5) is 28.6. The highest BCUT2D eigenvalue weighted by molar-refractivity contribution is 6.05. The van der Waals surface area contributed by atoms with Crippen LogP contribution in [-0.2, 0) is 6.54 Å². The maximum atomic E-state index is 12.3. The minimum absolute atomic E-state index is 0.243. The van der Waals surface area contributed by atoms with Gasteiger partial charge in [0.05, 0.1) is 18.2 Å². The molecule has 0 spiro atoms. The molecule has 0 fully saturated rings. The predicted molar refractivity (Wildman–Crippen MR) is 97.6 cm³/mol. The Morgan fingerprint density at radius 3 is 2.41 bits per heavy atom. The zero-order chi connectivity index (χ0) is 19.2. The molecule has 138 valence electrons. The van der Waals surface area contributed by atoms with Crippen molar-refractivity contribution in [1.82, 2.24) is 15.5 Å². The molecule has 2 N–H and O–H groups in total. The molecule has 27 heavy (non-hydrogen) atoms. The van der Waals surface area contributed by atoms with Crippen LogP contribution in [0.5, 0.6) is 5.75 Å². The van der Waals surface area contributed by atoms with Crippen LogP contribution in [0.2, 0.25) is 0 Å². The number of benzene rings is 1. The van der Waals surface area contributed by atoms with Gasteiger partial charge in [-0.3, -0.25) is 14.6 Å². The summed E-state index contributed by atoms with van der Waals surface area (Å²) in [5, 5.41) is 9.08. The van der Waals surface area contributed by atoms with Gasteiger partial charge >= 0.3 is 0 Å². The molecule has 1 aromatic carbocycles. The average Bonchev–Trinajstić information content (AvgIpc) is 3.11. The number of nitrogens with zero attached hydrogens (tertiary/aromatic N) is 2. The molecule has 0 radical (unpaired) electrons. The Kier molecular flexibility index (Phi) is 5.46. The van der Waals surface area contributed by atoms with Crippen molar-refractivity contribution < 1.29 is 18.8 Å². The van der Waals surface area contributed by atoms with E-state index in [1.54, 1.807) is 20.1 Å². The summed E-state index contributed by atoms with van der Waals surface area (Å²) in [6.07, 6.45) is 2.78. The van der Waals surface area contributed by atoms with Gasteiger partial charge in [-0.25, -0.2) is 0 Å². The van der Waals surface area contributed by atoms with Gasteiger partial charge in [-0.2, -0.15) is 0 Å². The number of methoxy groups -OCH3 is 1. The molecule has 0 unspecified atom stereocenters. The first-order chi connectivity index (χ1) is 13.0. The number of hydrogen-bond donors (Lipinski definition) is 2. The number of carbonyl (C=O) groups excluding carboxylic acids is 2. The third kappa shape index (κ3) is 4.69. The van der Waals surface area contributed by atoms with E-state index in [-0.39, 0.29) is 17.0 Å². The molecular formula is C19H18N4O4. The van der Waals surface area contributed by atoms with Gasteiger partial charge in [0.25, 0.3) is 11.8 Å². The maximum Gasteiger partial charge on any atom is 0.258 e. The van der Waals surface area contributed by atoms with Crippen LogP contribution in [0.4, 0.5) is 5.82 Å². The second kappa shape index (κ2) is 8.13. The summed E-state index contributed by atoms with van der Waals surface area (Å²) < 4.78 is 10.00. The smallest absolute Gasteiger partial charge is 0.258 e. The summed E-state index contributed by atoms with van der Waals surface area (Å²) in [5.74, 6) is 0.864. The normalized spacial score (nSPS) is 10.3. The third-order valence-corrected chi connectivity index (χ3v) is 3.74. The van der Waals surface area contributed by atoms with Gasteiger partial charge in [0.15, 0.2) is 5.82 Å². The number of carbonyl (C=O) groups is 2. The first kappa shape index (κ1) is 18.1. The van der Waals surface area contributed by atoms with Gasteiger partial charge in [0, 0.05) is 25.0 Å². The molecule has 3 rings (SSSR count). The highest BCUT2D eigenvalue weighted by Gasteiger charge is 2.13. The first-order valence-electron chi connectivity index (χ1n) is 8.16. The summed E-state index contributed by atoms with van der Waals surface area (Å²) >= 11 is 0. The van der Waals surface area contributed by atoms with Crippen LogP contribution in [0.15, 0.2) is 53.3 Å². The molecule has 2 heterocycles. The van der Waals surface area contributed by atoms with E-state index in [9.17, 15) is 9.59 Å². The van der Waals surface area contributed by atoms with E-state index >= 15 is 0 Å². The van der Waals surface area contributed by atoms with Gasteiger partial charge in [-0.1, -0.05) is 17.3 Å². The highest BCUT2D eigenvalue weighted by atomic mass is 16.5. The van der Waals surface area contributed by atoms with Crippen molar-refractivity contribution in [2.75, 3.05) is 12.4 Å². The van der Waals surface area contributed by atoms with Crippen LogP contribution in [-0.4, -0.2) is 29.1 Å². The van der Waals surface area contributed by atoms with Crippen molar-refractivity contribution in [3.63, 3.8) is 0 Å². The van der Waals surface area contributed by atoms with Crippen LogP contribution < -0.4 is 15.4 Å². The molecule has 0 aliphatic rings. The third-order valence-electron chi connectivity index (χ3n) is 3.74. The Labute approximate surface area is 155 Å². The lowest BCUT2D eigenvalue weighted by atomic mass is 10.1. The number of amides is 2. The summed E-state index contributed by atoms with van der Waals surface area (Å²) in [6.45, 7) is 2.06. The lowest BCUT2D eigenvalue weighted by Crippen LogP contribution is -2.23. The van der Waals surface area contributed by atoms with Crippen LogP contribution in [0, 0.1) is 6.92 Å². The van der Waals surface area contributed by atoms with E-state index < -0.39 is 5.91 Å². The molecule has 3 aromatic rings. The molecule has 0 saturated heterocycles. The van der Waals surface area contributed by atoms with Crippen molar-refractivity contribution in [3.05, 3.63) is 71.2 Å². The molecule has 8 heteroatoms. The number of anilines is 1. The van der Waals surface area contributed by atoms with E-state index in [4.69, 9.17) is 9.26 Å². The minimum Gasteiger partial charge on any atom is -0.497 e. The average molecular weight is 366 g/mol. The molecule has 0 aliphatic heterocycles. The lowest BCUT2D eigenvalue weighted by molar-refractivity contribution is 0.0950. The molecule has 2 aromatic heterocycles. The fraction of sp³-hybridized carbons (Fsp3) is 0.158. The van der Waals surface area contributed by atoms with Crippen molar-refractivity contribution in [2.24, 2.45) is 0 Å². The molecule has 0 saturated carbocycles.